The third-order valence-corrected chi connectivity index (χ3v) is 3.47. The molecule has 0 aromatic carbocycles. The number of hydroxylamine groups is 1. The second-order valence-electron chi connectivity index (χ2n) is 4.54. The molecule has 0 aliphatic carbocycles. The van der Waals surface area contributed by atoms with Crippen LogP contribution in [0, 0.1) is 11.1 Å². The Morgan fingerprint density at radius 2 is 2.35 bits per heavy atom. The zero-order valence-electron chi connectivity index (χ0n) is 10.6. The first-order valence-corrected chi connectivity index (χ1v) is 6.07. The van der Waals surface area contributed by atoms with Gasteiger partial charge in [-0.1, -0.05) is 6.08 Å². The molecule has 0 radical (unpaired) electrons. The van der Waals surface area contributed by atoms with E-state index < -0.39 is 0 Å². The number of nitrogens with zero attached hydrogens (tertiary/aromatic N) is 1. The van der Waals surface area contributed by atoms with Crippen molar-refractivity contribution in [2.24, 2.45) is 5.92 Å². The first-order valence-electron chi connectivity index (χ1n) is 6.07. The molecule has 1 aliphatic rings. The molecule has 4 heteroatoms. The summed E-state index contributed by atoms with van der Waals surface area (Å²) in [6.45, 7) is 5.56. The molecular formula is C13H21NO3. The van der Waals surface area contributed by atoms with Gasteiger partial charge in [0.1, 0.15) is 6.42 Å². The number of allylic oxidation sites excluding steroid dienone is 1. The molecule has 96 valence electrons. The number of methoxy groups -OCH3 is 1. The normalized spacial score (nSPS) is 24.6. The van der Waals surface area contributed by atoms with Gasteiger partial charge in [-0.15, -0.1) is 6.58 Å². The SMILES string of the molecule is C=CCCC1CCC(CC(=O)OC)[N+]([O-])=C1C. The maximum Gasteiger partial charge on any atom is 0.312 e. The maximum atomic E-state index is 12.0. The van der Waals surface area contributed by atoms with E-state index >= 15 is 0 Å². The van der Waals surface area contributed by atoms with Crippen LogP contribution < -0.4 is 0 Å². The van der Waals surface area contributed by atoms with Crippen LogP contribution in [0.5, 0.6) is 0 Å². The molecule has 17 heavy (non-hydrogen) atoms. The molecule has 1 aliphatic heterocycles. The van der Waals surface area contributed by atoms with Crippen LogP contribution in [-0.2, 0) is 9.53 Å². The average Bonchev–Trinajstić information content (AvgIpc) is 2.34. The van der Waals surface area contributed by atoms with Gasteiger partial charge in [-0.05, 0) is 19.3 Å². The summed E-state index contributed by atoms with van der Waals surface area (Å²) in [4.78, 5) is 11.2. The van der Waals surface area contributed by atoms with Crippen LogP contribution in [0.4, 0.5) is 0 Å². The molecule has 0 N–H and O–H groups in total. The van der Waals surface area contributed by atoms with Crippen LogP contribution in [-0.4, -0.2) is 29.6 Å². The van der Waals surface area contributed by atoms with E-state index in [0.29, 0.717) is 5.92 Å². The fourth-order valence-corrected chi connectivity index (χ4v) is 2.32. The van der Waals surface area contributed by atoms with Crippen molar-refractivity contribution < 1.29 is 14.3 Å². The smallest absolute Gasteiger partial charge is 0.312 e. The largest absolute Gasteiger partial charge is 0.624 e. The van der Waals surface area contributed by atoms with Gasteiger partial charge in [-0.3, -0.25) is 4.79 Å². The minimum absolute atomic E-state index is 0.186. The van der Waals surface area contributed by atoms with Crippen molar-refractivity contribution in [1.29, 1.82) is 0 Å². The van der Waals surface area contributed by atoms with Crippen molar-refractivity contribution in [1.82, 2.24) is 0 Å². The number of rotatable bonds is 5. The molecule has 0 fully saturated rings. The lowest BCUT2D eigenvalue weighted by Crippen LogP contribution is -2.37. The number of carbonyl (C=O) groups is 1. The highest BCUT2D eigenvalue weighted by Crippen LogP contribution is 2.24. The molecule has 0 aromatic rings. The van der Waals surface area contributed by atoms with Gasteiger partial charge in [0.15, 0.2) is 11.8 Å². The molecule has 0 saturated carbocycles. The quantitative estimate of drug-likeness (QED) is 0.320. The van der Waals surface area contributed by atoms with E-state index in [9.17, 15) is 10.0 Å². The lowest BCUT2D eigenvalue weighted by atomic mass is 9.87. The Bertz CT molecular complexity index is 323. The summed E-state index contributed by atoms with van der Waals surface area (Å²) in [6, 6.07) is -0.248. The van der Waals surface area contributed by atoms with Crippen molar-refractivity contribution in [2.75, 3.05) is 7.11 Å². The standard InChI is InChI=1S/C13H21NO3/c1-4-5-6-11-7-8-12(9-13(15)17-3)14(16)10(11)2/h4,11-12H,1,5-9H2,2-3H3. The lowest BCUT2D eigenvalue weighted by molar-refractivity contribution is -0.510. The van der Waals surface area contributed by atoms with Gasteiger partial charge in [0.25, 0.3) is 0 Å². The number of esters is 1. The van der Waals surface area contributed by atoms with E-state index in [-0.39, 0.29) is 18.4 Å². The lowest BCUT2D eigenvalue weighted by Gasteiger charge is -2.27. The summed E-state index contributed by atoms with van der Waals surface area (Å²) < 4.78 is 5.61. The maximum absolute atomic E-state index is 12.0. The van der Waals surface area contributed by atoms with Crippen LogP contribution in [0.3, 0.4) is 0 Å². The Balaban J connectivity index is 2.66. The van der Waals surface area contributed by atoms with Gasteiger partial charge in [0.05, 0.1) is 7.11 Å². The van der Waals surface area contributed by atoms with Crippen LogP contribution in [0.2, 0.25) is 0 Å². The van der Waals surface area contributed by atoms with Gasteiger partial charge in [0.2, 0.25) is 0 Å². The second-order valence-corrected chi connectivity index (χ2v) is 4.54. The summed E-state index contributed by atoms with van der Waals surface area (Å²) in [7, 11) is 1.35. The van der Waals surface area contributed by atoms with Gasteiger partial charge in [-0.25, -0.2) is 4.74 Å². The van der Waals surface area contributed by atoms with Crippen molar-refractivity contribution in [3.63, 3.8) is 0 Å². The first-order chi connectivity index (χ1) is 8.10. The Hall–Kier alpha value is -1.32. The fraction of sp³-hybridized carbons (Fsp3) is 0.692. The minimum Gasteiger partial charge on any atom is -0.624 e. The van der Waals surface area contributed by atoms with Gasteiger partial charge in [0, 0.05) is 19.3 Å². The highest BCUT2D eigenvalue weighted by atomic mass is 16.5. The van der Waals surface area contributed by atoms with E-state index in [2.05, 4.69) is 11.3 Å². The van der Waals surface area contributed by atoms with E-state index in [1.54, 1.807) is 0 Å². The van der Waals surface area contributed by atoms with Gasteiger partial charge < -0.3 is 9.94 Å². The highest BCUT2D eigenvalue weighted by Gasteiger charge is 2.32. The fourth-order valence-electron chi connectivity index (χ4n) is 2.32. The topological polar surface area (TPSA) is 52.4 Å². The summed E-state index contributed by atoms with van der Waals surface area (Å²) in [6.07, 6.45) is 5.70. The van der Waals surface area contributed by atoms with Crippen molar-refractivity contribution in [2.45, 2.75) is 45.1 Å². The van der Waals surface area contributed by atoms with Crippen LogP contribution in [0.25, 0.3) is 0 Å². The molecule has 2 atom stereocenters. The zero-order chi connectivity index (χ0) is 12.8. The van der Waals surface area contributed by atoms with Crippen molar-refractivity contribution in [3.8, 4) is 0 Å². The van der Waals surface area contributed by atoms with E-state index in [1.807, 2.05) is 13.0 Å². The molecule has 0 bridgehead atoms. The molecule has 0 spiro atoms. The zero-order valence-corrected chi connectivity index (χ0v) is 10.6. The molecule has 2 unspecified atom stereocenters. The van der Waals surface area contributed by atoms with Crippen molar-refractivity contribution >= 4 is 11.7 Å². The van der Waals surface area contributed by atoms with E-state index in [4.69, 9.17) is 0 Å². The number of ether oxygens (including phenoxy) is 1. The van der Waals surface area contributed by atoms with Crippen LogP contribution in [0.15, 0.2) is 12.7 Å². The van der Waals surface area contributed by atoms with Gasteiger partial charge in [-0.2, -0.15) is 0 Å². The minimum atomic E-state index is -0.312. The molecule has 0 amide bonds. The summed E-state index contributed by atoms with van der Waals surface area (Å²) in [5.41, 5.74) is 0.840. The average molecular weight is 239 g/mol. The highest BCUT2D eigenvalue weighted by molar-refractivity contribution is 5.80. The predicted molar refractivity (Wildman–Crippen MR) is 66.9 cm³/mol. The van der Waals surface area contributed by atoms with Crippen molar-refractivity contribution in [3.05, 3.63) is 17.9 Å². The van der Waals surface area contributed by atoms with Gasteiger partial charge >= 0.3 is 5.97 Å². The molecule has 1 heterocycles. The van der Waals surface area contributed by atoms with Crippen LogP contribution >= 0.6 is 0 Å². The summed E-state index contributed by atoms with van der Waals surface area (Å²) >= 11 is 0. The molecule has 0 saturated heterocycles. The molecular weight excluding hydrogens is 218 g/mol. The molecule has 1 rings (SSSR count). The Morgan fingerprint density at radius 3 is 2.94 bits per heavy atom. The number of hydrogen-bond acceptors (Lipinski definition) is 3. The Labute approximate surface area is 103 Å². The Kier molecular flexibility index (Phi) is 5.19. The third kappa shape index (κ3) is 3.58. The first kappa shape index (κ1) is 13.7. The van der Waals surface area contributed by atoms with E-state index in [1.165, 1.54) is 7.11 Å². The van der Waals surface area contributed by atoms with Crippen LogP contribution in [0.1, 0.15) is 39.0 Å². The second kappa shape index (κ2) is 6.42. The molecule has 0 aromatic heterocycles. The number of hydrogen-bond donors (Lipinski definition) is 0. The predicted octanol–water partition coefficient (Wildman–Crippen LogP) is 2.27. The van der Waals surface area contributed by atoms with E-state index in [0.717, 1.165) is 36.1 Å². The number of carbonyl (C=O) groups excluding carboxylic acids is 1. The third-order valence-electron chi connectivity index (χ3n) is 3.47. The monoisotopic (exact) mass is 239 g/mol. The summed E-state index contributed by atoms with van der Waals surface area (Å²) in [5.74, 6) is 0.0209. The molecule has 4 nitrogen and oxygen atoms in total. The Morgan fingerprint density at radius 1 is 1.65 bits per heavy atom. The summed E-state index contributed by atoms with van der Waals surface area (Å²) in [5, 5.41) is 12.0.